The van der Waals surface area contributed by atoms with Gasteiger partial charge in [0.15, 0.2) is 5.88 Å². The van der Waals surface area contributed by atoms with Crippen LogP contribution < -0.4 is 10.6 Å². The van der Waals surface area contributed by atoms with Gasteiger partial charge in [0.1, 0.15) is 12.5 Å². The van der Waals surface area contributed by atoms with Crippen LogP contribution in [0, 0.1) is 0 Å². The van der Waals surface area contributed by atoms with Crippen molar-refractivity contribution in [1.82, 2.24) is 9.88 Å². The first kappa shape index (κ1) is 20.4. The number of benzene rings is 1. The van der Waals surface area contributed by atoms with Crippen molar-refractivity contribution in [3.63, 3.8) is 0 Å². The van der Waals surface area contributed by atoms with E-state index < -0.39 is 18.4 Å². The molecule has 8 heteroatoms. The Balaban J connectivity index is 1.63. The molecule has 2 aromatic rings. The maximum Gasteiger partial charge on any atom is 0.303 e. The summed E-state index contributed by atoms with van der Waals surface area (Å²) >= 11 is 0. The number of anilines is 1. The monoisotopic (exact) mass is 391 g/mol. The van der Waals surface area contributed by atoms with Gasteiger partial charge in [-0.1, -0.05) is 18.9 Å². The number of rotatable bonds is 9. The smallest absolute Gasteiger partial charge is 0.303 e. The van der Waals surface area contributed by atoms with Gasteiger partial charge in [0.2, 0.25) is 0 Å². The van der Waals surface area contributed by atoms with Gasteiger partial charge >= 0.3 is 5.97 Å². The minimum atomic E-state index is -0.932. The van der Waals surface area contributed by atoms with Crippen LogP contribution in [-0.4, -0.2) is 50.0 Å². The standard InChI is InChI=1S/C20H29N3O5/c24-17-10-9-16(19(27)22-17)23-12-14-13(20(23)28)6-5-7-15(14)21-11-4-2-1-3-8-18(25)26/h5-7,12,16-17,19,21-22,24,27-28H,1-4,8-11H2,(H,25,26). The number of aliphatic hydroxyl groups excluding tert-OH is 2. The Kier molecular flexibility index (Phi) is 6.77. The van der Waals surface area contributed by atoms with Crippen LogP contribution in [0.2, 0.25) is 0 Å². The third-order valence-electron chi connectivity index (χ3n) is 5.31. The van der Waals surface area contributed by atoms with Gasteiger partial charge in [-0.2, -0.15) is 0 Å². The van der Waals surface area contributed by atoms with Crippen molar-refractivity contribution in [3.05, 3.63) is 24.4 Å². The second kappa shape index (κ2) is 9.27. The van der Waals surface area contributed by atoms with Crippen molar-refractivity contribution in [2.45, 2.75) is 63.4 Å². The second-order valence-electron chi connectivity index (χ2n) is 7.38. The summed E-state index contributed by atoms with van der Waals surface area (Å²) < 4.78 is 1.67. The molecule has 0 saturated carbocycles. The highest BCUT2D eigenvalue weighted by atomic mass is 16.4. The molecule has 1 aromatic heterocycles. The van der Waals surface area contributed by atoms with Crippen molar-refractivity contribution in [2.75, 3.05) is 11.9 Å². The van der Waals surface area contributed by atoms with Crippen LogP contribution in [0.15, 0.2) is 24.4 Å². The summed E-state index contributed by atoms with van der Waals surface area (Å²) in [6.07, 6.45) is 4.96. The van der Waals surface area contributed by atoms with Crippen LogP contribution in [0.1, 0.15) is 51.0 Å². The molecule has 28 heavy (non-hydrogen) atoms. The molecule has 0 amide bonds. The maximum atomic E-state index is 10.6. The molecule has 154 valence electrons. The van der Waals surface area contributed by atoms with Crippen LogP contribution >= 0.6 is 0 Å². The zero-order valence-electron chi connectivity index (χ0n) is 15.8. The maximum absolute atomic E-state index is 10.6. The first-order chi connectivity index (χ1) is 13.5. The summed E-state index contributed by atoms with van der Waals surface area (Å²) in [6.45, 7) is 0.762. The molecule has 3 unspecified atom stereocenters. The average molecular weight is 391 g/mol. The van der Waals surface area contributed by atoms with Gasteiger partial charge in [-0.05, 0) is 37.8 Å². The van der Waals surface area contributed by atoms with Crippen LogP contribution in [0.3, 0.4) is 0 Å². The molecule has 1 aliphatic heterocycles. The quantitative estimate of drug-likeness (QED) is 0.362. The van der Waals surface area contributed by atoms with Crippen LogP contribution in [0.4, 0.5) is 5.69 Å². The summed E-state index contributed by atoms with van der Waals surface area (Å²) in [7, 11) is 0. The SMILES string of the molecule is O=C(O)CCCCCCNc1cccc2c(O)n(C3CCC(O)NC3O)cc12. The Hall–Kier alpha value is -2.29. The van der Waals surface area contributed by atoms with E-state index in [0.717, 1.165) is 36.9 Å². The lowest BCUT2D eigenvalue weighted by Gasteiger charge is -2.33. The molecule has 1 aliphatic rings. The van der Waals surface area contributed by atoms with E-state index >= 15 is 0 Å². The number of aromatic hydroxyl groups is 1. The number of carboxylic acid groups (broad SMARTS) is 1. The number of aliphatic hydroxyl groups is 2. The molecular formula is C20H29N3O5. The molecule has 0 spiro atoms. The molecule has 6 N–H and O–H groups in total. The molecule has 1 fully saturated rings. The number of nitrogens with one attached hydrogen (secondary N) is 2. The average Bonchev–Trinajstić information content (AvgIpc) is 2.98. The fourth-order valence-electron chi connectivity index (χ4n) is 3.79. The number of aliphatic carboxylic acids is 1. The Morgan fingerprint density at radius 3 is 2.68 bits per heavy atom. The Morgan fingerprint density at radius 1 is 1.14 bits per heavy atom. The summed E-state index contributed by atoms with van der Waals surface area (Å²) in [5, 5.41) is 46.8. The summed E-state index contributed by atoms with van der Waals surface area (Å²) in [5.41, 5.74) is 0.912. The number of nitrogens with zero attached hydrogens (tertiary/aromatic N) is 1. The van der Waals surface area contributed by atoms with E-state index in [2.05, 4.69) is 10.6 Å². The molecule has 8 nitrogen and oxygen atoms in total. The second-order valence-corrected chi connectivity index (χ2v) is 7.38. The Bertz CT molecular complexity index is 806. The molecule has 0 radical (unpaired) electrons. The highest BCUT2D eigenvalue weighted by Crippen LogP contribution is 2.37. The number of carboxylic acids is 1. The van der Waals surface area contributed by atoms with Crippen LogP contribution in [0.5, 0.6) is 5.88 Å². The minimum Gasteiger partial charge on any atom is -0.494 e. The van der Waals surface area contributed by atoms with Crippen LogP contribution in [-0.2, 0) is 4.79 Å². The van der Waals surface area contributed by atoms with Gasteiger partial charge < -0.3 is 30.3 Å². The third-order valence-corrected chi connectivity index (χ3v) is 5.31. The van der Waals surface area contributed by atoms with Gasteiger partial charge in [0.05, 0.1) is 6.04 Å². The molecule has 2 heterocycles. The Morgan fingerprint density at radius 2 is 1.93 bits per heavy atom. The molecule has 1 saturated heterocycles. The summed E-state index contributed by atoms with van der Waals surface area (Å²) in [6, 6.07) is 5.32. The predicted molar refractivity (Wildman–Crippen MR) is 106 cm³/mol. The van der Waals surface area contributed by atoms with Crippen LogP contribution in [0.25, 0.3) is 10.8 Å². The first-order valence-corrected chi connectivity index (χ1v) is 9.87. The number of aromatic nitrogens is 1. The molecule has 3 atom stereocenters. The van der Waals surface area contributed by atoms with E-state index in [1.54, 1.807) is 4.57 Å². The number of fused-ring (bicyclic) bond motifs is 1. The number of piperidine rings is 1. The zero-order valence-corrected chi connectivity index (χ0v) is 15.8. The van der Waals surface area contributed by atoms with E-state index in [1.165, 1.54) is 0 Å². The fourth-order valence-corrected chi connectivity index (χ4v) is 3.79. The van der Waals surface area contributed by atoms with Gasteiger partial charge in [0.25, 0.3) is 0 Å². The van der Waals surface area contributed by atoms with E-state index in [9.17, 15) is 20.1 Å². The number of carbonyl (C=O) groups is 1. The molecule has 0 bridgehead atoms. The predicted octanol–water partition coefficient (Wildman–Crippen LogP) is 2.36. The molecule has 1 aromatic carbocycles. The highest BCUT2D eigenvalue weighted by Gasteiger charge is 2.30. The molecule has 3 rings (SSSR count). The molecule has 0 aliphatic carbocycles. The number of hydrogen-bond acceptors (Lipinski definition) is 6. The van der Waals surface area contributed by atoms with E-state index in [0.29, 0.717) is 24.6 Å². The lowest BCUT2D eigenvalue weighted by molar-refractivity contribution is -0.137. The van der Waals surface area contributed by atoms with Gasteiger partial charge in [0, 0.05) is 35.6 Å². The summed E-state index contributed by atoms with van der Waals surface area (Å²) in [5.74, 6) is -0.642. The first-order valence-electron chi connectivity index (χ1n) is 9.87. The topological polar surface area (TPSA) is 127 Å². The van der Waals surface area contributed by atoms with Crippen molar-refractivity contribution in [1.29, 1.82) is 0 Å². The lowest BCUT2D eigenvalue weighted by Crippen LogP contribution is -2.47. The highest BCUT2D eigenvalue weighted by molar-refractivity contribution is 5.97. The Labute approximate surface area is 163 Å². The van der Waals surface area contributed by atoms with E-state index in [4.69, 9.17) is 5.11 Å². The third kappa shape index (κ3) is 4.76. The molecular weight excluding hydrogens is 362 g/mol. The van der Waals surface area contributed by atoms with E-state index in [-0.39, 0.29) is 18.3 Å². The number of hydrogen-bond donors (Lipinski definition) is 6. The van der Waals surface area contributed by atoms with Crippen molar-refractivity contribution < 1.29 is 25.2 Å². The van der Waals surface area contributed by atoms with Gasteiger partial charge in [-0.25, -0.2) is 0 Å². The normalized spacial score (nSPS) is 22.4. The van der Waals surface area contributed by atoms with Crippen molar-refractivity contribution in [3.8, 4) is 5.88 Å². The van der Waals surface area contributed by atoms with Crippen molar-refractivity contribution >= 4 is 22.4 Å². The lowest BCUT2D eigenvalue weighted by atomic mass is 10.0. The minimum absolute atomic E-state index is 0.106. The zero-order chi connectivity index (χ0) is 20.1. The summed E-state index contributed by atoms with van der Waals surface area (Å²) in [4.78, 5) is 10.5. The fraction of sp³-hybridized carbons (Fsp3) is 0.550. The van der Waals surface area contributed by atoms with E-state index in [1.807, 2.05) is 24.4 Å². The van der Waals surface area contributed by atoms with Gasteiger partial charge in [-0.3, -0.25) is 10.1 Å². The number of unbranched alkanes of at least 4 members (excludes halogenated alkanes) is 3. The largest absolute Gasteiger partial charge is 0.494 e. The van der Waals surface area contributed by atoms with Crippen molar-refractivity contribution in [2.24, 2.45) is 0 Å². The van der Waals surface area contributed by atoms with Gasteiger partial charge in [-0.15, -0.1) is 0 Å².